The van der Waals surface area contributed by atoms with Crippen LogP contribution in [0, 0.1) is 0 Å². The van der Waals surface area contributed by atoms with E-state index in [0.717, 1.165) is 32.6 Å². The highest BCUT2D eigenvalue weighted by Crippen LogP contribution is 2.20. The highest BCUT2D eigenvalue weighted by Gasteiger charge is 2.32. The van der Waals surface area contributed by atoms with Crippen LogP contribution in [0.3, 0.4) is 0 Å². The van der Waals surface area contributed by atoms with Gasteiger partial charge in [-0.1, -0.05) is 0 Å². The van der Waals surface area contributed by atoms with Gasteiger partial charge in [0.1, 0.15) is 5.82 Å². The van der Waals surface area contributed by atoms with Crippen LogP contribution in [0.25, 0.3) is 0 Å². The number of aryl methyl sites for hydroxylation is 1. The average Bonchev–Trinajstić information content (AvgIpc) is 2.73. The molecule has 1 atom stereocenters. The Morgan fingerprint density at radius 2 is 2.32 bits per heavy atom. The number of nitrogen functional groups attached to an aromatic ring is 1. The maximum Gasteiger partial charge on any atom is 0.145 e. The largest absolute Gasteiger partial charge is 0.394 e. The summed E-state index contributed by atoms with van der Waals surface area (Å²) in [6.45, 7) is 7.73. The molecule has 0 saturated carbocycles. The molecule has 108 valence electrons. The van der Waals surface area contributed by atoms with E-state index in [4.69, 9.17) is 10.5 Å². The molecule has 19 heavy (non-hydrogen) atoms. The number of aliphatic hydroxyl groups is 1. The lowest BCUT2D eigenvalue weighted by Gasteiger charge is -2.42. The van der Waals surface area contributed by atoms with Crippen LogP contribution < -0.4 is 5.73 Å². The molecule has 0 bridgehead atoms. The van der Waals surface area contributed by atoms with Gasteiger partial charge in [0, 0.05) is 32.4 Å². The summed E-state index contributed by atoms with van der Waals surface area (Å²) < 4.78 is 7.66. The van der Waals surface area contributed by atoms with Crippen LogP contribution in [0.4, 0.5) is 5.82 Å². The van der Waals surface area contributed by atoms with E-state index in [2.05, 4.69) is 23.8 Å². The highest BCUT2D eigenvalue weighted by atomic mass is 16.5. The number of morpholine rings is 1. The summed E-state index contributed by atoms with van der Waals surface area (Å²) in [5.74, 6) is 0.563. The molecule has 3 N–H and O–H groups in total. The van der Waals surface area contributed by atoms with Crippen molar-refractivity contribution in [3.63, 3.8) is 0 Å². The maximum absolute atomic E-state index is 9.27. The second-order valence-corrected chi connectivity index (χ2v) is 5.77. The third kappa shape index (κ3) is 4.19. The van der Waals surface area contributed by atoms with Crippen LogP contribution in [-0.2, 0) is 11.3 Å². The SMILES string of the molecule is CC1(C)CN(CCCn2ccc(N)n2)CC(CO)O1. The first-order valence-corrected chi connectivity index (χ1v) is 6.78. The van der Waals surface area contributed by atoms with E-state index >= 15 is 0 Å². The van der Waals surface area contributed by atoms with E-state index in [1.165, 1.54) is 0 Å². The van der Waals surface area contributed by atoms with Gasteiger partial charge in [0.25, 0.3) is 0 Å². The van der Waals surface area contributed by atoms with Gasteiger partial charge in [0.2, 0.25) is 0 Å². The summed E-state index contributed by atoms with van der Waals surface area (Å²) in [6.07, 6.45) is 2.83. The molecule has 1 saturated heterocycles. The van der Waals surface area contributed by atoms with Crippen molar-refractivity contribution < 1.29 is 9.84 Å². The molecule has 1 unspecified atom stereocenters. The third-order valence-electron chi connectivity index (χ3n) is 3.28. The molecule has 1 fully saturated rings. The van der Waals surface area contributed by atoms with Crippen molar-refractivity contribution in [3.05, 3.63) is 12.3 Å². The molecule has 0 spiro atoms. The van der Waals surface area contributed by atoms with E-state index in [1.807, 2.05) is 10.9 Å². The standard InChI is InChI=1S/C13H24N4O2/c1-13(2)10-16(8-11(9-18)19-13)5-3-6-17-7-4-12(14)15-17/h4,7,11,18H,3,5-6,8-10H2,1-2H3,(H2,14,15). The fraction of sp³-hybridized carbons (Fsp3) is 0.769. The van der Waals surface area contributed by atoms with Gasteiger partial charge in [-0.15, -0.1) is 0 Å². The van der Waals surface area contributed by atoms with Crippen molar-refractivity contribution in [1.29, 1.82) is 0 Å². The van der Waals surface area contributed by atoms with Gasteiger partial charge in [-0.3, -0.25) is 9.58 Å². The molecule has 0 aromatic carbocycles. The van der Waals surface area contributed by atoms with E-state index in [9.17, 15) is 5.11 Å². The van der Waals surface area contributed by atoms with Crippen molar-refractivity contribution in [2.75, 3.05) is 32.0 Å². The average molecular weight is 268 g/mol. The maximum atomic E-state index is 9.27. The Bertz CT molecular complexity index is 405. The van der Waals surface area contributed by atoms with Crippen LogP contribution >= 0.6 is 0 Å². The van der Waals surface area contributed by atoms with E-state index in [0.29, 0.717) is 5.82 Å². The van der Waals surface area contributed by atoms with Crippen LogP contribution in [0.5, 0.6) is 0 Å². The molecule has 0 radical (unpaired) electrons. The van der Waals surface area contributed by atoms with Crippen molar-refractivity contribution >= 4 is 5.82 Å². The van der Waals surface area contributed by atoms with Crippen molar-refractivity contribution in [2.24, 2.45) is 0 Å². The van der Waals surface area contributed by atoms with Gasteiger partial charge in [-0.25, -0.2) is 0 Å². The third-order valence-corrected chi connectivity index (χ3v) is 3.28. The van der Waals surface area contributed by atoms with Gasteiger partial charge in [0.05, 0.1) is 18.3 Å². The van der Waals surface area contributed by atoms with Gasteiger partial charge in [-0.2, -0.15) is 5.10 Å². The zero-order chi connectivity index (χ0) is 13.9. The number of aliphatic hydroxyl groups excluding tert-OH is 1. The Morgan fingerprint density at radius 3 is 2.95 bits per heavy atom. The van der Waals surface area contributed by atoms with E-state index in [-0.39, 0.29) is 18.3 Å². The van der Waals surface area contributed by atoms with Crippen LogP contribution in [0.1, 0.15) is 20.3 Å². The summed E-state index contributed by atoms with van der Waals surface area (Å²) in [5.41, 5.74) is 5.39. The fourth-order valence-electron chi connectivity index (χ4n) is 2.64. The number of anilines is 1. The van der Waals surface area contributed by atoms with E-state index in [1.54, 1.807) is 6.07 Å². The first kappa shape index (κ1) is 14.3. The molecule has 2 rings (SSSR count). The minimum atomic E-state index is -0.193. The van der Waals surface area contributed by atoms with Gasteiger partial charge >= 0.3 is 0 Å². The number of hydrogen-bond acceptors (Lipinski definition) is 5. The quantitative estimate of drug-likeness (QED) is 0.804. The second kappa shape index (κ2) is 5.90. The summed E-state index contributed by atoms with van der Waals surface area (Å²) in [6, 6.07) is 1.81. The molecular weight excluding hydrogens is 244 g/mol. The number of nitrogens with two attached hydrogens (primary N) is 1. The predicted molar refractivity (Wildman–Crippen MR) is 73.7 cm³/mol. The predicted octanol–water partition coefficient (Wildman–Crippen LogP) is 0.327. The molecule has 1 aromatic heterocycles. The zero-order valence-electron chi connectivity index (χ0n) is 11.7. The molecule has 1 aliphatic heterocycles. The van der Waals surface area contributed by atoms with E-state index < -0.39 is 0 Å². The first-order chi connectivity index (χ1) is 8.98. The molecule has 0 amide bonds. The van der Waals surface area contributed by atoms with Crippen LogP contribution in [0.2, 0.25) is 0 Å². The molecule has 1 aromatic rings. The van der Waals surface area contributed by atoms with Crippen LogP contribution in [-0.4, -0.2) is 57.7 Å². The van der Waals surface area contributed by atoms with Crippen molar-refractivity contribution in [2.45, 2.75) is 38.5 Å². The first-order valence-electron chi connectivity index (χ1n) is 6.78. The zero-order valence-corrected chi connectivity index (χ0v) is 11.7. The van der Waals surface area contributed by atoms with Gasteiger partial charge in [0.15, 0.2) is 0 Å². The molecule has 1 aliphatic rings. The Labute approximate surface area is 114 Å². The Balaban J connectivity index is 1.78. The molecule has 2 heterocycles. The molecular formula is C13H24N4O2. The topological polar surface area (TPSA) is 76.5 Å². The lowest BCUT2D eigenvalue weighted by molar-refractivity contribution is -0.149. The van der Waals surface area contributed by atoms with Crippen molar-refractivity contribution in [3.8, 4) is 0 Å². The number of aromatic nitrogens is 2. The fourth-order valence-corrected chi connectivity index (χ4v) is 2.64. The minimum Gasteiger partial charge on any atom is -0.394 e. The molecule has 0 aliphatic carbocycles. The summed E-state index contributed by atoms with van der Waals surface area (Å²) in [5, 5.41) is 13.4. The highest BCUT2D eigenvalue weighted by molar-refractivity contribution is 5.23. The Hall–Kier alpha value is -1.11. The number of ether oxygens (including phenoxy) is 1. The second-order valence-electron chi connectivity index (χ2n) is 5.77. The summed E-state index contributed by atoms with van der Waals surface area (Å²) in [4.78, 5) is 2.34. The smallest absolute Gasteiger partial charge is 0.145 e. The number of rotatable bonds is 5. The minimum absolute atomic E-state index is 0.0790. The number of hydrogen-bond donors (Lipinski definition) is 2. The van der Waals surface area contributed by atoms with Gasteiger partial charge in [-0.05, 0) is 26.3 Å². The summed E-state index contributed by atoms with van der Waals surface area (Å²) >= 11 is 0. The van der Waals surface area contributed by atoms with Gasteiger partial charge < -0.3 is 15.6 Å². The lowest BCUT2D eigenvalue weighted by Crippen LogP contribution is -2.54. The normalized spacial score (nSPS) is 23.6. The monoisotopic (exact) mass is 268 g/mol. The molecule has 6 nitrogen and oxygen atoms in total. The lowest BCUT2D eigenvalue weighted by atomic mass is 10.1. The summed E-state index contributed by atoms with van der Waals surface area (Å²) in [7, 11) is 0. The Morgan fingerprint density at radius 1 is 1.53 bits per heavy atom. The molecule has 6 heteroatoms. The van der Waals surface area contributed by atoms with Crippen molar-refractivity contribution in [1.82, 2.24) is 14.7 Å². The number of nitrogens with zero attached hydrogens (tertiary/aromatic N) is 3. The Kier molecular flexibility index (Phi) is 4.44. The van der Waals surface area contributed by atoms with Crippen LogP contribution in [0.15, 0.2) is 12.3 Å².